The number of alkyl halides is 3. The molecule has 0 saturated heterocycles. The van der Waals surface area contributed by atoms with Crippen LogP contribution in [0, 0.1) is 5.82 Å². The Morgan fingerprint density at radius 1 is 1.32 bits per heavy atom. The monoisotopic (exact) mass is 337 g/mol. The van der Waals surface area contributed by atoms with Crippen LogP contribution in [0.1, 0.15) is 12.8 Å². The molecule has 2 N–H and O–H groups in total. The largest absolute Gasteiger partial charge is 0.412 e. The van der Waals surface area contributed by atoms with Gasteiger partial charge in [0.25, 0.3) is 0 Å². The summed E-state index contributed by atoms with van der Waals surface area (Å²) in [6.07, 6.45) is -4.56. The van der Waals surface area contributed by atoms with Gasteiger partial charge in [-0.2, -0.15) is 13.2 Å². The van der Waals surface area contributed by atoms with E-state index in [2.05, 4.69) is 20.9 Å². The highest BCUT2D eigenvalue weighted by Gasteiger charge is 2.65. The van der Waals surface area contributed by atoms with Crippen molar-refractivity contribution in [2.24, 2.45) is 0 Å². The summed E-state index contributed by atoms with van der Waals surface area (Å²) in [6, 6.07) is 2.35. The zero-order valence-electron chi connectivity index (χ0n) is 9.43. The summed E-state index contributed by atoms with van der Waals surface area (Å²) in [6.45, 7) is 0. The fraction of sp³-hybridized carbons (Fsp3) is 0.364. The van der Waals surface area contributed by atoms with Crippen LogP contribution in [0.25, 0.3) is 11.0 Å². The number of aromatic nitrogens is 2. The van der Waals surface area contributed by atoms with Crippen molar-refractivity contribution < 1.29 is 17.6 Å². The van der Waals surface area contributed by atoms with Crippen molar-refractivity contribution >= 4 is 32.9 Å². The van der Waals surface area contributed by atoms with Crippen molar-refractivity contribution in [3.05, 3.63) is 22.4 Å². The molecule has 0 unspecified atom stereocenters. The summed E-state index contributed by atoms with van der Waals surface area (Å²) in [5, 5.41) is 0. The Labute approximate surface area is 113 Å². The zero-order chi connectivity index (χ0) is 14.0. The molecule has 1 aliphatic carbocycles. The highest BCUT2D eigenvalue weighted by molar-refractivity contribution is 9.10. The van der Waals surface area contributed by atoms with E-state index in [1.54, 1.807) is 0 Å². The standard InChI is InChI=1S/C11H8BrF4N3/c12-5-3-7-8(4-6(5)13)19(9(17)18-7)10(1-2-10)11(14,15)16/h3-4H,1-2H2,(H2,17,18). The summed E-state index contributed by atoms with van der Waals surface area (Å²) in [4.78, 5) is 3.88. The van der Waals surface area contributed by atoms with Crippen molar-refractivity contribution in [1.29, 1.82) is 0 Å². The normalized spacial score (nSPS) is 17.9. The third-order valence-electron chi connectivity index (χ3n) is 3.40. The molecule has 19 heavy (non-hydrogen) atoms. The number of nitrogens with two attached hydrogens (primary N) is 1. The van der Waals surface area contributed by atoms with Crippen LogP contribution in [-0.4, -0.2) is 15.7 Å². The van der Waals surface area contributed by atoms with Gasteiger partial charge < -0.3 is 5.73 Å². The lowest BCUT2D eigenvalue weighted by Crippen LogP contribution is -2.35. The maximum atomic E-state index is 13.5. The SMILES string of the molecule is Nc1nc2cc(Br)c(F)cc2n1C1(C(F)(F)F)CC1. The lowest BCUT2D eigenvalue weighted by molar-refractivity contribution is -0.178. The fourth-order valence-corrected chi connectivity index (χ4v) is 2.62. The fourth-order valence-electron chi connectivity index (χ4n) is 2.29. The number of benzene rings is 1. The van der Waals surface area contributed by atoms with Crippen LogP contribution in [0.5, 0.6) is 0 Å². The third kappa shape index (κ3) is 1.65. The van der Waals surface area contributed by atoms with Gasteiger partial charge in [-0.05, 0) is 34.8 Å². The Morgan fingerprint density at radius 3 is 2.47 bits per heavy atom. The molecule has 1 aliphatic rings. The molecule has 1 fully saturated rings. The summed E-state index contributed by atoms with van der Waals surface area (Å²) in [5.74, 6) is -0.894. The second kappa shape index (κ2) is 3.62. The molecule has 0 radical (unpaired) electrons. The van der Waals surface area contributed by atoms with Crippen LogP contribution in [0.3, 0.4) is 0 Å². The smallest absolute Gasteiger partial charge is 0.369 e. The maximum Gasteiger partial charge on any atom is 0.412 e. The lowest BCUT2D eigenvalue weighted by atomic mass is 10.2. The average molecular weight is 338 g/mol. The highest BCUT2D eigenvalue weighted by Crippen LogP contribution is 2.57. The summed E-state index contributed by atoms with van der Waals surface area (Å²) in [7, 11) is 0. The van der Waals surface area contributed by atoms with Crippen LogP contribution in [0.4, 0.5) is 23.5 Å². The number of hydrogen-bond acceptors (Lipinski definition) is 2. The minimum absolute atomic E-state index is 0.0630. The first-order valence-electron chi connectivity index (χ1n) is 5.46. The number of fused-ring (bicyclic) bond motifs is 1. The first kappa shape index (κ1) is 12.7. The number of rotatable bonds is 1. The van der Waals surface area contributed by atoms with Gasteiger partial charge in [-0.1, -0.05) is 0 Å². The second-order valence-electron chi connectivity index (χ2n) is 4.59. The van der Waals surface area contributed by atoms with Gasteiger partial charge in [0.15, 0.2) is 0 Å². The van der Waals surface area contributed by atoms with Crippen molar-refractivity contribution in [2.75, 3.05) is 5.73 Å². The Bertz CT molecular complexity index is 673. The molecule has 2 aromatic rings. The van der Waals surface area contributed by atoms with Crippen molar-refractivity contribution in [3.8, 4) is 0 Å². The molecule has 0 aliphatic heterocycles. The topological polar surface area (TPSA) is 43.8 Å². The summed E-state index contributed by atoms with van der Waals surface area (Å²) >= 11 is 2.97. The van der Waals surface area contributed by atoms with Gasteiger partial charge in [0.1, 0.15) is 11.4 Å². The zero-order valence-corrected chi connectivity index (χ0v) is 11.0. The number of imidazole rings is 1. The molecule has 1 saturated carbocycles. The Balaban J connectivity index is 2.31. The van der Waals surface area contributed by atoms with Crippen LogP contribution >= 0.6 is 15.9 Å². The number of halogens is 5. The molecule has 8 heteroatoms. The number of nitrogen functional groups attached to an aromatic ring is 1. The minimum Gasteiger partial charge on any atom is -0.369 e. The number of nitrogens with zero attached hydrogens (tertiary/aromatic N) is 2. The van der Waals surface area contributed by atoms with Gasteiger partial charge in [0.05, 0.1) is 15.5 Å². The van der Waals surface area contributed by atoms with Gasteiger partial charge in [-0.15, -0.1) is 0 Å². The molecule has 1 aromatic heterocycles. The van der Waals surface area contributed by atoms with Crippen LogP contribution in [0.15, 0.2) is 16.6 Å². The quantitative estimate of drug-likeness (QED) is 0.808. The van der Waals surface area contributed by atoms with E-state index < -0.39 is 17.5 Å². The second-order valence-corrected chi connectivity index (χ2v) is 5.44. The van der Waals surface area contributed by atoms with E-state index in [4.69, 9.17) is 5.73 Å². The van der Waals surface area contributed by atoms with E-state index >= 15 is 0 Å². The minimum atomic E-state index is -4.43. The molecule has 3 nitrogen and oxygen atoms in total. The molecule has 0 bridgehead atoms. The molecule has 102 valence electrons. The molecule has 0 atom stereocenters. The van der Waals surface area contributed by atoms with E-state index in [-0.39, 0.29) is 34.3 Å². The molecule has 3 rings (SSSR count). The Kier molecular flexibility index (Phi) is 2.42. The summed E-state index contributed by atoms with van der Waals surface area (Å²) < 4.78 is 54.0. The molecule has 1 aromatic carbocycles. The predicted molar refractivity (Wildman–Crippen MR) is 65.1 cm³/mol. The third-order valence-corrected chi connectivity index (χ3v) is 4.01. The van der Waals surface area contributed by atoms with Gasteiger partial charge in [0.2, 0.25) is 5.95 Å². The first-order valence-corrected chi connectivity index (χ1v) is 6.26. The maximum absolute atomic E-state index is 13.5. The first-order chi connectivity index (χ1) is 8.76. The lowest BCUT2D eigenvalue weighted by Gasteiger charge is -2.22. The molecule has 0 amide bonds. The Hall–Kier alpha value is -1.31. The van der Waals surface area contributed by atoms with E-state index in [1.807, 2.05) is 0 Å². The van der Waals surface area contributed by atoms with Crippen molar-refractivity contribution in [2.45, 2.75) is 24.6 Å². The van der Waals surface area contributed by atoms with Crippen LogP contribution < -0.4 is 5.73 Å². The average Bonchev–Trinajstić information content (AvgIpc) is 3.01. The van der Waals surface area contributed by atoms with Gasteiger partial charge in [0, 0.05) is 6.07 Å². The van der Waals surface area contributed by atoms with Crippen LogP contribution in [-0.2, 0) is 5.54 Å². The predicted octanol–water partition coefficient (Wildman–Crippen LogP) is 3.57. The molecular weight excluding hydrogens is 330 g/mol. The van der Waals surface area contributed by atoms with Crippen LogP contribution in [0.2, 0.25) is 0 Å². The Morgan fingerprint density at radius 2 is 1.95 bits per heavy atom. The molecule has 1 heterocycles. The number of anilines is 1. The molecule has 0 spiro atoms. The summed E-state index contributed by atoms with van der Waals surface area (Å²) in [5.41, 5.74) is 3.86. The van der Waals surface area contributed by atoms with Gasteiger partial charge >= 0.3 is 6.18 Å². The molecular formula is C11H8BrF4N3. The van der Waals surface area contributed by atoms with E-state index in [0.29, 0.717) is 0 Å². The van der Waals surface area contributed by atoms with Gasteiger partial charge in [-0.3, -0.25) is 4.57 Å². The van der Waals surface area contributed by atoms with E-state index in [0.717, 1.165) is 10.6 Å². The van der Waals surface area contributed by atoms with Crippen molar-refractivity contribution in [1.82, 2.24) is 9.55 Å². The van der Waals surface area contributed by atoms with Crippen molar-refractivity contribution in [3.63, 3.8) is 0 Å². The van der Waals surface area contributed by atoms with E-state index in [1.165, 1.54) is 6.07 Å². The van der Waals surface area contributed by atoms with E-state index in [9.17, 15) is 17.6 Å². The van der Waals surface area contributed by atoms with Gasteiger partial charge in [-0.25, -0.2) is 9.37 Å². The highest BCUT2D eigenvalue weighted by atomic mass is 79.9. The number of hydrogen-bond donors (Lipinski definition) is 1.